The summed E-state index contributed by atoms with van der Waals surface area (Å²) < 4.78 is 14.0. The van der Waals surface area contributed by atoms with E-state index in [1.807, 2.05) is 19.1 Å². The molecule has 0 spiro atoms. The van der Waals surface area contributed by atoms with Gasteiger partial charge in [0, 0.05) is 47.2 Å². The Kier molecular flexibility index (Phi) is 8.49. The van der Waals surface area contributed by atoms with Crippen LogP contribution in [0.2, 0.25) is 5.02 Å². The van der Waals surface area contributed by atoms with Crippen molar-refractivity contribution in [3.05, 3.63) is 81.5 Å². The molecular weight excluding hydrogens is 503 g/mol. The molecule has 0 unspecified atom stereocenters. The van der Waals surface area contributed by atoms with Crippen LogP contribution in [0.4, 0.5) is 10.1 Å². The SMILES string of the molecule is C/C=C/CNC(=S)N1CCC(c2nc(C(=O)Nc3ccc(F)cc3-c3ccc(Cl)cc3)cs2)CC1. The van der Waals surface area contributed by atoms with Gasteiger partial charge in [0.15, 0.2) is 5.11 Å². The lowest BCUT2D eigenvalue weighted by Crippen LogP contribution is -2.43. The monoisotopic (exact) mass is 528 g/mol. The van der Waals surface area contributed by atoms with Crippen molar-refractivity contribution >= 4 is 51.9 Å². The number of rotatable bonds is 6. The standard InChI is InChI=1S/C26H26ClFN4OS2/c1-2-3-12-29-26(34)32-13-10-18(11-14-32)25-31-23(16-35-25)24(33)30-22-9-8-20(28)15-21(22)17-4-6-19(27)7-5-17/h2-9,15-16,18H,10-14H2,1H3,(H,29,34)(H,30,33)/b3-2+. The van der Waals surface area contributed by atoms with Crippen LogP contribution in [0, 0.1) is 5.82 Å². The summed E-state index contributed by atoms with van der Waals surface area (Å²) in [6.45, 7) is 4.42. The molecule has 0 atom stereocenters. The van der Waals surface area contributed by atoms with Gasteiger partial charge < -0.3 is 15.5 Å². The van der Waals surface area contributed by atoms with E-state index in [0.29, 0.717) is 27.9 Å². The van der Waals surface area contributed by atoms with Crippen LogP contribution in [0.25, 0.3) is 11.1 Å². The molecule has 0 aliphatic carbocycles. The van der Waals surface area contributed by atoms with Gasteiger partial charge >= 0.3 is 0 Å². The van der Waals surface area contributed by atoms with Gasteiger partial charge in [0.1, 0.15) is 11.5 Å². The Balaban J connectivity index is 1.40. The van der Waals surface area contributed by atoms with E-state index < -0.39 is 0 Å². The van der Waals surface area contributed by atoms with E-state index in [1.165, 1.54) is 23.5 Å². The summed E-state index contributed by atoms with van der Waals surface area (Å²) in [5.74, 6) is -0.403. The number of hydrogen-bond acceptors (Lipinski definition) is 4. The summed E-state index contributed by atoms with van der Waals surface area (Å²) >= 11 is 13.0. The minimum Gasteiger partial charge on any atom is -0.359 e. The highest BCUT2D eigenvalue weighted by molar-refractivity contribution is 7.80. The highest BCUT2D eigenvalue weighted by atomic mass is 35.5. The van der Waals surface area contributed by atoms with Crippen LogP contribution in [0.3, 0.4) is 0 Å². The van der Waals surface area contributed by atoms with Crippen molar-refractivity contribution in [1.82, 2.24) is 15.2 Å². The van der Waals surface area contributed by atoms with Crippen molar-refractivity contribution in [1.29, 1.82) is 0 Å². The Morgan fingerprint density at radius 1 is 1.26 bits per heavy atom. The molecule has 1 aliphatic heterocycles. The second-order valence-corrected chi connectivity index (χ2v) is 9.95. The number of benzene rings is 2. The average Bonchev–Trinajstić information content (AvgIpc) is 3.36. The van der Waals surface area contributed by atoms with Crippen molar-refractivity contribution < 1.29 is 9.18 Å². The smallest absolute Gasteiger partial charge is 0.275 e. The van der Waals surface area contributed by atoms with Crippen LogP contribution in [-0.2, 0) is 0 Å². The van der Waals surface area contributed by atoms with Gasteiger partial charge in [-0.1, -0.05) is 35.9 Å². The molecule has 1 aromatic heterocycles. The van der Waals surface area contributed by atoms with Crippen LogP contribution < -0.4 is 10.6 Å². The number of thiocarbonyl (C=S) groups is 1. The van der Waals surface area contributed by atoms with Crippen molar-refractivity contribution in [2.75, 3.05) is 25.0 Å². The van der Waals surface area contributed by atoms with Gasteiger partial charge in [-0.3, -0.25) is 4.79 Å². The Labute approximate surface area is 219 Å². The molecule has 2 N–H and O–H groups in total. The molecular formula is C26H26ClFN4OS2. The zero-order chi connectivity index (χ0) is 24.8. The summed E-state index contributed by atoms with van der Waals surface area (Å²) in [6.07, 6.45) is 5.88. The molecule has 9 heteroatoms. The van der Waals surface area contributed by atoms with Gasteiger partial charge in [-0.25, -0.2) is 9.37 Å². The molecule has 1 aliphatic rings. The lowest BCUT2D eigenvalue weighted by atomic mass is 9.98. The van der Waals surface area contributed by atoms with Crippen LogP contribution in [0.15, 0.2) is 60.0 Å². The molecule has 182 valence electrons. The number of amides is 1. The first-order valence-electron chi connectivity index (χ1n) is 11.4. The number of thiazole rings is 1. The van der Waals surface area contributed by atoms with E-state index in [2.05, 4.69) is 20.5 Å². The topological polar surface area (TPSA) is 57.3 Å². The Hall–Kier alpha value is -2.81. The first-order chi connectivity index (χ1) is 16.9. The first kappa shape index (κ1) is 25.3. The first-order valence-corrected chi connectivity index (χ1v) is 13.1. The molecule has 0 bridgehead atoms. The average molecular weight is 529 g/mol. The van der Waals surface area contributed by atoms with Crippen LogP contribution in [-0.4, -0.2) is 40.5 Å². The van der Waals surface area contributed by atoms with Crippen molar-refractivity contribution in [3.8, 4) is 11.1 Å². The molecule has 5 nitrogen and oxygen atoms in total. The zero-order valence-corrected chi connectivity index (χ0v) is 21.7. The molecule has 1 fully saturated rings. The highest BCUT2D eigenvalue weighted by Crippen LogP contribution is 2.32. The molecule has 1 saturated heterocycles. The van der Waals surface area contributed by atoms with Gasteiger partial charge in [0.2, 0.25) is 0 Å². The Bertz CT molecular complexity index is 1220. The number of nitrogens with one attached hydrogen (secondary N) is 2. The molecule has 2 heterocycles. The lowest BCUT2D eigenvalue weighted by Gasteiger charge is -2.33. The van der Waals surface area contributed by atoms with Gasteiger partial charge in [-0.05, 0) is 67.9 Å². The van der Waals surface area contributed by atoms with Crippen molar-refractivity contribution in [2.24, 2.45) is 0 Å². The highest BCUT2D eigenvalue weighted by Gasteiger charge is 2.25. The predicted molar refractivity (Wildman–Crippen MR) is 146 cm³/mol. The van der Waals surface area contributed by atoms with E-state index in [-0.39, 0.29) is 11.7 Å². The largest absolute Gasteiger partial charge is 0.359 e. The van der Waals surface area contributed by atoms with Crippen molar-refractivity contribution in [2.45, 2.75) is 25.7 Å². The van der Waals surface area contributed by atoms with Gasteiger partial charge in [-0.15, -0.1) is 11.3 Å². The summed E-state index contributed by atoms with van der Waals surface area (Å²) in [6, 6.07) is 11.3. The number of allylic oxidation sites excluding steroid dienone is 1. The maximum atomic E-state index is 14.0. The zero-order valence-electron chi connectivity index (χ0n) is 19.3. The number of halogens is 2. The third-order valence-corrected chi connectivity index (χ3v) is 7.54. The van der Waals surface area contributed by atoms with Crippen LogP contribution >= 0.6 is 35.2 Å². The van der Waals surface area contributed by atoms with Crippen LogP contribution in [0.5, 0.6) is 0 Å². The van der Waals surface area contributed by atoms with E-state index in [9.17, 15) is 9.18 Å². The van der Waals surface area contributed by atoms with E-state index in [1.54, 1.807) is 35.7 Å². The number of piperidine rings is 1. The molecule has 35 heavy (non-hydrogen) atoms. The van der Waals surface area contributed by atoms with E-state index >= 15 is 0 Å². The summed E-state index contributed by atoms with van der Waals surface area (Å²) in [5.41, 5.74) is 2.22. The quantitative estimate of drug-likeness (QED) is 0.283. The van der Waals surface area contributed by atoms with E-state index in [4.69, 9.17) is 23.8 Å². The fraction of sp³-hybridized carbons (Fsp3) is 0.269. The fourth-order valence-corrected chi connectivity index (χ4v) is 5.33. The second kappa shape index (κ2) is 11.7. The number of aromatic nitrogens is 1. The number of likely N-dealkylation sites (tertiary alicyclic amines) is 1. The molecule has 0 saturated carbocycles. The van der Waals surface area contributed by atoms with Gasteiger partial charge in [-0.2, -0.15) is 0 Å². The third kappa shape index (κ3) is 6.45. The lowest BCUT2D eigenvalue weighted by molar-refractivity contribution is 0.102. The van der Waals surface area contributed by atoms with Gasteiger partial charge in [0.05, 0.1) is 5.01 Å². The number of hydrogen-bond donors (Lipinski definition) is 2. The maximum absolute atomic E-state index is 14.0. The number of anilines is 1. The molecule has 0 radical (unpaired) electrons. The van der Waals surface area contributed by atoms with Crippen molar-refractivity contribution in [3.63, 3.8) is 0 Å². The molecule has 1 amide bonds. The van der Waals surface area contributed by atoms with Crippen LogP contribution in [0.1, 0.15) is 41.2 Å². The summed E-state index contributed by atoms with van der Waals surface area (Å²) in [4.78, 5) is 19.8. The molecule has 4 rings (SSSR count). The third-order valence-electron chi connectivity index (χ3n) is 5.88. The number of carbonyl (C=O) groups excluding carboxylic acids is 1. The normalized spacial score (nSPS) is 14.3. The minimum absolute atomic E-state index is 0.298. The van der Waals surface area contributed by atoms with Gasteiger partial charge in [0.25, 0.3) is 5.91 Å². The Morgan fingerprint density at radius 3 is 2.71 bits per heavy atom. The fourth-order valence-electron chi connectivity index (χ4n) is 3.96. The number of nitrogens with zero attached hydrogens (tertiary/aromatic N) is 2. The summed E-state index contributed by atoms with van der Waals surface area (Å²) in [5, 5.41) is 10.2. The molecule has 3 aromatic rings. The molecule has 2 aromatic carbocycles. The second-order valence-electron chi connectivity index (χ2n) is 8.24. The van der Waals surface area contributed by atoms with E-state index in [0.717, 1.165) is 48.2 Å². The Morgan fingerprint density at radius 2 is 2.00 bits per heavy atom. The maximum Gasteiger partial charge on any atom is 0.275 e. The summed E-state index contributed by atoms with van der Waals surface area (Å²) in [7, 11) is 0. The minimum atomic E-state index is -0.383. The number of carbonyl (C=O) groups is 1. The predicted octanol–water partition coefficient (Wildman–Crippen LogP) is 6.48.